The van der Waals surface area contributed by atoms with Gasteiger partial charge in [0, 0.05) is 5.57 Å². The summed E-state index contributed by atoms with van der Waals surface area (Å²) in [4.78, 5) is 14.7. The molecule has 0 saturated carbocycles. The van der Waals surface area contributed by atoms with Gasteiger partial charge in [0.2, 0.25) is 5.78 Å². The van der Waals surface area contributed by atoms with Crippen LogP contribution in [0.25, 0.3) is 0 Å². The average molecular weight is 119 g/mol. The SMILES string of the molecule is O=C1C=NC2C=CC=C12. The van der Waals surface area contributed by atoms with Crippen molar-refractivity contribution in [1.82, 2.24) is 0 Å². The summed E-state index contributed by atoms with van der Waals surface area (Å²) in [6.45, 7) is 0. The van der Waals surface area contributed by atoms with Crippen LogP contribution < -0.4 is 0 Å². The summed E-state index contributed by atoms with van der Waals surface area (Å²) >= 11 is 0. The first-order valence-corrected chi connectivity index (χ1v) is 2.84. The minimum atomic E-state index is 0.0532. The van der Waals surface area contributed by atoms with Crippen molar-refractivity contribution in [1.29, 1.82) is 0 Å². The van der Waals surface area contributed by atoms with Crippen LogP contribution in [0.5, 0.6) is 0 Å². The van der Waals surface area contributed by atoms with Crippen molar-refractivity contribution in [2.45, 2.75) is 6.04 Å². The number of carbonyl (C=O) groups excluding carboxylic acids is 1. The van der Waals surface area contributed by atoms with E-state index in [9.17, 15) is 4.79 Å². The van der Waals surface area contributed by atoms with Gasteiger partial charge in [-0.15, -0.1) is 0 Å². The maximum Gasteiger partial charge on any atom is 0.202 e. The molecule has 1 aliphatic heterocycles. The molecule has 0 aromatic heterocycles. The summed E-state index contributed by atoms with van der Waals surface area (Å²) in [7, 11) is 0. The summed E-state index contributed by atoms with van der Waals surface area (Å²) in [5.74, 6) is 0.0602. The lowest BCUT2D eigenvalue weighted by molar-refractivity contribution is -0.109. The zero-order chi connectivity index (χ0) is 6.27. The van der Waals surface area contributed by atoms with E-state index < -0.39 is 0 Å². The fraction of sp³-hybridized carbons (Fsp3) is 0.143. The van der Waals surface area contributed by atoms with Gasteiger partial charge >= 0.3 is 0 Å². The van der Waals surface area contributed by atoms with Gasteiger partial charge in [-0.1, -0.05) is 18.2 Å². The molecule has 0 spiro atoms. The van der Waals surface area contributed by atoms with Gasteiger partial charge < -0.3 is 0 Å². The molecule has 1 aliphatic carbocycles. The minimum absolute atomic E-state index is 0.0532. The van der Waals surface area contributed by atoms with Crippen molar-refractivity contribution >= 4 is 12.0 Å². The topological polar surface area (TPSA) is 29.4 Å². The molecule has 1 unspecified atom stereocenters. The second-order valence-electron chi connectivity index (χ2n) is 2.09. The van der Waals surface area contributed by atoms with Gasteiger partial charge in [-0.25, -0.2) is 0 Å². The van der Waals surface area contributed by atoms with Gasteiger partial charge in [0.1, 0.15) is 0 Å². The van der Waals surface area contributed by atoms with E-state index in [2.05, 4.69) is 4.99 Å². The number of Topliss-reactive ketones (excluding diaryl/α,β-unsaturated/α-hetero) is 1. The Kier molecular flexibility index (Phi) is 0.730. The van der Waals surface area contributed by atoms with Gasteiger partial charge in [-0.05, 0) is 0 Å². The first kappa shape index (κ1) is 4.68. The van der Waals surface area contributed by atoms with Crippen molar-refractivity contribution in [3.8, 4) is 0 Å². The van der Waals surface area contributed by atoms with Crippen molar-refractivity contribution in [2.24, 2.45) is 4.99 Å². The Hall–Kier alpha value is -1.18. The fourth-order valence-electron chi connectivity index (χ4n) is 1.05. The third-order valence-corrected chi connectivity index (χ3v) is 1.52. The molecular formula is C7H5NO. The maximum atomic E-state index is 10.8. The summed E-state index contributed by atoms with van der Waals surface area (Å²) in [6, 6.07) is 0.0532. The van der Waals surface area contributed by atoms with Crippen LogP contribution in [0, 0.1) is 0 Å². The molecule has 1 atom stereocenters. The van der Waals surface area contributed by atoms with Gasteiger partial charge in [0.25, 0.3) is 0 Å². The summed E-state index contributed by atoms with van der Waals surface area (Å²) in [5.41, 5.74) is 0.815. The monoisotopic (exact) mass is 119 g/mol. The number of allylic oxidation sites excluding steroid dienone is 2. The molecule has 0 bridgehead atoms. The Morgan fingerprint density at radius 1 is 1.56 bits per heavy atom. The molecule has 44 valence electrons. The highest BCUT2D eigenvalue weighted by molar-refractivity contribution is 6.38. The predicted molar refractivity (Wildman–Crippen MR) is 34.5 cm³/mol. The molecule has 9 heavy (non-hydrogen) atoms. The molecule has 0 aromatic rings. The highest BCUT2D eigenvalue weighted by Crippen LogP contribution is 2.19. The van der Waals surface area contributed by atoms with Crippen LogP contribution >= 0.6 is 0 Å². The average Bonchev–Trinajstić information content (AvgIpc) is 2.35. The number of rotatable bonds is 0. The molecule has 1 heterocycles. The van der Waals surface area contributed by atoms with Crippen LogP contribution in [-0.4, -0.2) is 18.0 Å². The standard InChI is InChI=1S/C7H5NO/c9-7-4-8-6-3-1-2-5(6)7/h1-4,6H. The largest absolute Gasteiger partial charge is 0.288 e. The predicted octanol–water partition coefficient (Wildman–Crippen LogP) is 0.505. The summed E-state index contributed by atoms with van der Waals surface area (Å²) in [6.07, 6.45) is 6.99. The number of hydrogen-bond donors (Lipinski definition) is 0. The van der Waals surface area contributed by atoms with Gasteiger partial charge in [0.15, 0.2) is 0 Å². The van der Waals surface area contributed by atoms with E-state index in [0.717, 1.165) is 5.57 Å². The van der Waals surface area contributed by atoms with E-state index in [1.54, 1.807) is 0 Å². The lowest BCUT2D eigenvalue weighted by atomic mass is 10.1. The van der Waals surface area contributed by atoms with Crippen molar-refractivity contribution in [3.63, 3.8) is 0 Å². The van der Waals surface area contributed by atoms with E-state index in [1.165, 1.54) is 6.21 Å². The van der Waals surface area contributed by atoms with Crippen molar-refractivity contribution in [2.75, 3.05) is 0 Å². The molecule has 2 aliphatic rings. The molecule has 2 nitrogen and oxygen atoms in total. The quantitative estimate of drug-likeness (QED) is 0.456. The summed E-state index contributed by atoms with van der Waals surface area (Å²) in [5, 5.41) is 0. The second kappa shape index (κ2) is 1.41. The Morgan fingerprint density at radius 2 is 2.44 bits per heavy atom. The van der Waals surface area contributed by atoms with E-state index >= 15 is 0 Å². The second-order valence-corrected chi connectivity index (χ2v) is 2.09. The minimum Gasteiger partial charge on any atom is -0.288 e. The molecule has 0 saturated heterocycles. The Morgan fingerprint density at radius 3 is 3.22 bits per heavy atom. The number of nitrogens with zero attached hydrogens (tertiary/aromatic N) is 1. The lowest BCUT2D eigenvalue weighted by Gasteiger charge is -1.92. The molecule has 0 fully saturated rings. The first-order valence-electron chi connectivity index (χ1n) is 2.84. The van der Waals surface area contributed by atoms with E-state index in [-0.39, 0.29) is 11.8 Å². The number of carbonyl (C=O) groups is 1. The van der Waals surface area contributed by atoms with Crippen molar-refractivity contribution < 1.29 is 4.79 Å². The third-order valence-electron chi connectivity index (χ3n) is 1.52. The van der Waals surface area contributed by atoms with Crippen LogP contribution in [0.15, 0.2) is 28.8 Å². The molecule has 0 radical (unpaired) electrons. The zero-order valence-corrected chi connectivity index (χ0v) is 4.74. The number of ketones is 1. The molecule has 0 amide bonds. The van der Waals surface area contributed by atoms with Crippen LogP contribution in [0.3, 0.4) is 0 Å². The number of aliphatic imine (C=N–C) groups is 1. The van der Waals surface area contributed by atoms with Crippen LogP contribution in [0.4, 0.5) is 0 Å². The van der Waals surface area contributed by atoms with Gasteiger partial charge in [0.05, 0.1) is 12.3 Å². The smallest absolute Gasteiger partial charge is 0.202 e. The summed E-state index contributed by atoms with van der Waals surface area (Å²) < 4.78 is 0. The van der Waals surface area contributed by atoms with Gasteiger partial charge in [-0.3, -0.25) is 9.79 Å². The zero-order valence-electron chi connectivity index (χ0n) is 4.74. The van der Waals surface area contributed by atoms with E-state index in [4.69, 9.17) is 0 Å². The number of fused-ring (bicyclic) bond motifs is 1. The molecule has 0 N–H and O–H groups in total. The highest BCUT2D eigenvalue weighted by atomic mass is 16.1. The van der Waals surface area contributed by atoms with Crippen LogP contribution in [0.1, 0.15) is 0 Å². The normalized spacial score (nSPS) is 29.1. The first-order chi connectivity index (χ1) is 4.38. The molecule has 0 aromatic carbocycles. The Labute approximate surface area is 52.6 Å². The Bertz CT molecular complexity index is 248. The van der Waals surface area contributed by atoms with Gasteiger partial charge in [-0.2, -0.15) is 0 Å². The lowest BCUT2D eigenvalue weighted by Crippen LogP contribution is -2.02. The van der Waals surface area contributed by atoms with E-state index in [1.807, 2.05) is 18.2 Å². The van der Waals surface area contributed by atoms with E-state index in [0.29, 0.717) is 0 Å². The maximum absolute atomic E-state index is 10.8. The molecule has 2 rings (SSSR count). The van der Waals surface area contributed by atoms with Crippen LogP contribution in [-0.2, 0) is 4.79 Å². The Balaban J connectivity index is 2.48. The molecular weight excluding hydrogens is 114 g/mol. The highest BCUT2D eigenvalue weighted by Gasteiger charge is 2.23. The fourth-order valence-corrected chi connectivity index (χ4v) is 1.05. The van der Waals surface area contributed by atoms with Crippen molar-refractivity contribution in [3.05, 3.63) is 23.8 Å². The number of hydrogen-bond acceptors (Lipinski definition) is 2. The van der Waals surface area contributed by atoms with Crippen LogP contribution in [0.2, 0.25) is 0 Å². The molecule has 2 heteroatoms. The third kappa shape index (κ3) is 0.499.